The van der Waals surface area contributed by atoms with Gasteiger partial charge < -0.3 is 10.2 Å². The minimum atomic E-state index is 0. The van der Waals surface area contributed by atoms with Crippen LogP contribution in [0.3, 0.4) is 0 Å². The summed E-state index contributed by atoms with van der Waals surface area (Å²) in [4.78, 5) is 14.1. The van der Waals surface area contributed by atoms with Crippen molar-refractivity contribution in [2.45, 2.75) is 25.8 Å². The number of rotatable bonds is 6. The van der Waals surface area contributed by atoms with Crippen molar-refractivity contribution >= 4 is 18.3 Å². The van der Waals surface area contributed by atoms with Gasteiger partial charge in [-0.15, -0.1) is 12.4 Å². The lowest BCUT2D eigenvalue weighted by atomic mass is 9.85. The van der Waals surface area contributed by atoms with E-state index in [1.165, 1.54) is 24.8 Å². The molecule has 1 saturated carbocycles. The summed E-state index contributed by atoms with van der Waals surface area (Å²) in [7, 11) is 1.82. The summed E-state index contributed by atoms with van der Waals surface area (Å²) in [5, 5.41) is 2.95. The molecule has 0 aliphatic heterocycles. The predicted molar refractivity (Wildman–Crippen MR) is 80.4 cm³/mol. The Morgan fingerprint density at radius 2 is 2.00 bits per heavy atom. The summed E-state index contributed by atoms with van der Waals surface area (Å²) >= 11 is 0. The number of carbonyl (C=O) groups is 1. The minimum absolute atomic E-state index is 0. The third-order valence-corrected chi connectivity index (χ3v) is 3.60. The zero-order valence-electron chi connectivity index (χ0n) is 11.5. The van der Waals surface area contributed by atoms with Crippen molar-refractivity contribution in [3.05, 3.63) is 35.9 Å². The van der Waals surface area contributed by atoms with Gasteiger partial charge in [-0.1, -0.05) is 36.8 Å². The van der Waals surface area contributed by atoms with E-state index in [0.717, 1.165) is 19.0 Å². The zero-order chi connectivity index (χ0) is 12.8. The quantitative estimate of drug-likeness (QED) is 0.869. The van der Waals surface area contributed by atoms with Gasteiger partial charge in [-0.25, -0.2) is 0 Å². The van der Waals surface area contributed by atoms with Crippen LogP contribution in [0, 0.1) is 5.92 Å². The van der Waals surface area contributed by atoms with Crippen LogP contribution in [0.2, 0.25) is 0 Å². The fraction of sp³-hybridized carbons (Fsp3) is 0.533. The van der Waals surface area contributed by atoms with E-state index in [2.05, 4.69) is 17.4 Å². The first kappa shape index (κ1) is 16.0. The Labute approximate surface area is 121 Å². The molecule has 106 valence electrons. The fourth-order valence-electron chi connectivity index (χ4n) is 2.31. The molecule has 1 fully saturated rings. The van der Waals surface area contributed by atoms with E-state index < -0.39 is 0 Å². The molecule has 1 aromatic carbocycles. The normalized spacial score (nSPS) is 14.4. The molecular weight excluding hydrogens is 260 g/mol. The van der Waals surface area contributed by atoms with Crippen LogP contribution in [-0.4, -0.2) is 30.9 Å². The number of benzene rings is 1. The highest BCUT2D eigenvalue weighted by Gasteiger charge is 2.23. The van der Waals surface area contributed by atoms with E-state index >= 15 is 0 Å². The highest BCUT2D eigenvalue weighted by Crippen LogP contribution is 2.27. The summed E-state index contributed by atoms with van der Waals surface area (Å²) < 4.78 is 0. The molecule has 0 aromatic heterocycles. The van der Waals surface area contributed by atoms with Crippen molar-refractivity contribution < 1.29 is 4.79 Å². The van der Waals surface area contributed by atoms with Crippen molar-refractivity contribution in [2.24, 2.45) is 5.92 Å². The molecule has 1 amide bonds. The highest BCUT2D eigenvalue weighted by molar-refractivity contribution is 5.85. The minimum Gasteiger partial charge on any atom is -0.337 e. The summed E-state index contributed by atoms with van der Waals surface area (Å²) in [6.07, 6.45) is 3.88. The second-order valence-electron chi connectivity index (χ2n) is 5.09. The van der Waals surface area contributed by atoms with E-state index in [1.807, 2.05) is 30.1 Å². The van der Waals surface area contributed by atoms with Crippen LogP contribution < -0.4 is 5.32 Å². The van der Waals surface area contributed by atoms with Crippen LogP contribution in [0.4, 0.5) is 0 Å². The number of halogens is 1. The van der Waals surface area contributed by atoms with Crippen LogP contribution in [-0.2, 0) is 11.3 Å². The number of nitrogens with zero attached hydrogens (tertiary/aromatic N) is 1. The largest absolute Gasteiger partial charge is 0.337 e. The Bertz CT molecular complexity index is 379. The maximum atomic E-state index is 12.1. The molecule has 1 N–H and O–H groups in total. The molecule has 0 unspecified atom stereocenters. The van der Waals surface area contributed by atoms with Crippen LogP contribution in [0.1, 0.15) is 24.8 Å². The van der Waals surface area contributed by atoms with E-state index in [4.69, 9.17) is 0 Å². The van der Waals surface area contributed by atoms with E-state index in [1.54, 1.807) is 0 Å². The van der Waals surface area contributed by atoms with Gasteiger partial charge in [-0.3, -0.25) is 4.79 Å². The summed E-state index contributed by atoms with van der Waals surface area (Å²) in [6.45, 7) is 2.08. The van der Waals surface area contributed by atoms with E-state index in [0.29, 0.717) is 6.54 Å². The van der Waals surface area contributed by atoms with Crippen molar-refractivity contribution in [2.75, 3.05) is 20.1 Å². The number of carbonyl (C=O) groups excluding carboxylic acids is 1. The number of nitrogens with one attached hydrogen (secondary N) is 1. The number of hydrogen-bond acceptors (Lipinski definition) is 2. The fourth-order valence-corrected chi connectivity index (χ4v) is 2.31. The first-order chi connectivity index (χ1) is 8.79. The first-order valence-corrected chi connectivity index (χ1v) is 6.76. The summed E-state index contributed by atoms with van der Waals surface area (Å²) in [5.74, 6) is 0.919. The maximum Gasteiger partial charge on any atom is 0.236 e. The molecule has 0 atom stereocenters. The Balaban J connectivity index is 0.00000180. The molecular formula is C15H23ClN2O. The Hall–Kier alpha value is -1.06. The standard InChI is InChI=1S/C15H22N2O.ClH/c1-16-10-15(18)17(12-14-8-5-9-14)11-13-6-3-2-4-7-13;/h2-4,6-7,14,16H,5,8-12H2,1H3;1H. The van der Waals surface area contributed by atoms with Crippen LogP contribution in [0.25, 0.3) is 0 Å². The van der Waals surface area contributed by atoms with E-state index in [9.17, 15) is 4.79 Å². The topological polar surface area (TPSA) is 32.3 Å². The van der Waals surface area contributed by atoms with Crippen LogP contribution in [0.5, 0.6) is 0 Å². The Kier molecular flexibility index (Phi) is 6.89. The van der Waals surface area contributed by atoms with E-state index in [-0.39, 0.29) is 18.3 Å². The van der Waals surface area contributed by atoms with Gasteiger partial charge in [0.25, 0.3) is 0 Å². The smallest absolute Gasteiger partial charge is 0.236 e. The van der Waals surface area contributed by atoms with Crippen LogP contribution in [0.15, 0.2) is 30.3 Å². The molecule has 0 heterocycles. The molecule has 4 heteroatoms. The molecule has 0 bridgehead atoms. The monoisotopic (exact) mass is 282 g/mol. The molecule has 0 radical (unpaired) electrons. The molecule has 1 aliphatic rings. The average Bonchev–Trinajstić information content (AvgIpc) is 2.33. The van der Waals surface area contributed by atoms with Gasteiger partial charge in [-0.05, 0) is 31.4 Å². The van der Waals surface area contributed by atoms with Gasteiger partial charge >= 0.3 is 0 Å². The predicted octanol–water partition coefficient (Wildman–Crippen LogP) is 2.46. The second kappa shape index (κ2) is 8.18. The first-order valence-electron chi connectivity index (χ1n) is 6.76. The van der Waals surface area contributed by atoms with Crippen molar-refractivity contribution in [1.82, 2.24) is 10.2 Å². The lowest BCUT2D eigenvalue weighted by Gasteiger charge is -2.32. The number of likely N-dealkylation sites (N-methyl/N-ethyl adjacent to an activating group) is 1. The summed E-state index contributed by atoms with van der Waals surface area (Å²) in [5.41, 5.74) is 1.21. The van der Waals surface area contributed by atoms with Gasteiger partial charge in [0.05, 0.1) is 6.54 Å². The second-order valence-corrected chi connectivity index (χ2v) is 5.09. The lowest BCUT2D eigenvalue weighted by Crippen LogP contribution is -2.41. The van der Waals surface area contributed by atoms with Crippen molar-refractivity contribution in [3.63, 3.8) is 0 Å². The molecule has 1 aromatic rings. The maximum absolute atomic E-state index is 12.1. The van der Waals surface area contributed by atoms with Crippen molar-refractivity contribution in [3.8, 4) is 0 Å². The third-order valence-electron chi connectivity index (χ3n) is 3.60. The molecule has 1 aliphatic carbocycles. The molecule has 19 heavy (non-hydrogen) atoms. The Morgan fingerprint density at radius 1 is 1.32 bits per heavy atom. The average molecular weight is 283 g/mol. The van der Waals surface area contributed by atoms with Gasteiger partial charge in [0, 0.05) is 13.1 Å². The lowest BCUT2D eigenvalue weighted by molar-refractivity contribution is -0.131. The highest BCUT2D eigenvalue weighted by atomic mass is 35.5. The molecule has 0 spiro atoms. The van der Waals surface area contributed by atoms with Gasteiger partial charge in [0.1, 0.15) is 0 Å². The molecule has 0 saturated heterocycles. The van der Waals surface area contributed by atoms with Gasteiger partial charge in [0.2, 0.25) is 5.91 Å². The third kappa shape index (κ3) is 4.84. The Morgan fingerprint density at radius 3 is 2.53 bits per heavy atom. The SMILES string of the molecule is CNCC(=O)N(Cc1ccccc1)CC1CCC1.Cl. The zero-order valence-corrected chi connectivity index (χ0v) is 12.3. The van der Waals surface area contributed by atoms with Crippen LogP contribution >= 0.6 is 12.4 Å². The van der Waals surface area contributed by atoms with Crippen molar-refractivity contribution in [1.29, 1.82) is 0 Å². The van der Waals surface area contributed by atoms with Gasteiger partial charge in [-0.2, -0.15) is 0 Å². The van der Waals surface area contributed by atoms with Gasteiger partial charge in [0.15, 0.2) is 0 Å². The summed E-state index contributed by atoms with van der Waals surface area (Å²) in [6, 6.07) is 10.2. The number of hydrogen-bond donors (Lipinski definition) is 1. The molecule has 3 nitrogen and oxygen atoms in total. The molecule has 2 rings (SSSR count). The number of amides is 1.